The summed E-state index contributed by atoms with van der Waals surface area (Å²) in [5.74, 6) is -0.534. The predicted molar refractivity (Wildman–Crippen MR) is 86.0 cm³/mol. The summed E-state index contributed by atoms with van der Waals surface area (Å²) in [6.45, 7) is 0.446. The van der Waals surface area contributed by atoms with E-state index in [4.69, 9.17) is 4.74 Å². The molecule has 23 heavy (non-hydrogen) atoms. The number of ether oxygens (including phenoxy) is 1. The molecule has 0 aliphatic heterocycles. The number of pyridine rings is 1. The molecular weight excluding hydrogens is 295 g/mol. The Balaban J connectivity index is 1.55. The third-order valence-electron chi connectivity index (χ3n) is 3.31. The van der Waals surface area contributed by atoms with Gasteiger partial charge in [0.05, 0.1) is 12.1 Å². The van der Waals surface area contributed by atoms with E-state index in [-0.39, 0.29) is 24.8 Å². The number of hydrogen-bond acceptors (Lipinski definition) is 3. The molecule has 0 aliphatic rings. The zero-order chi connectivity index (χ0) is 16.1. The first-order valence-electron chi connectivity index (χ1n) is 7.25. The van der Waals surface area contributed by atoms with Crippen LogP contribution in [0.2, 0.25) is 0 Å². The standard InChI is InChI=1S/C18H15FN2O2/c19-14-6-2-4-8-17(14)23-12-11-20-18(22)16-10-9-13-5-1-3-7-15(13)21-16/h1-10H,11-12H2,(H,20,22). The summed E-state index contributed by atoms with van der Waals surface area (Å²) in [5, 5.41) is 3.68. The molecule has 2 aromatic carbocycles. The molecule has 0 fully saturated rings. The first kappa shape index (κ1) is 15.0. The van der Waals surface area contributed by atoms with E-state index in [9.17, 15) is 9.18 Å². The van der Waals surface area contributed by atoms with E-state index < -0.39 is 5.82 Å². The van der Waals surface area contributed by atoms with Gasteiger partial charge in [0, 0.05) is 5.39 Å². The van der Waals surface area contributed by atoms with Gasteiger partial charge < -0.3 is 10.1 Å². The number of carbonyl (C=O) groups is 1. The van der Waals surface area contributed by atoms with Crippen LogP contribution in [0.4, 0.5) is 4.39 Å². The summed E-state index contributed by atoms with van der Waals surface area (Å²) in [4.78, 5) is 16.4. The molecule has 1 N–H and O–H groups in total. The van der Waals surface area contributed by atoms with Gasteiger partial charge in [0.15, 0.2) is 11.6 Å². The Morgan fingerprint density at radius 3 is 2.70 bits per heavy atom. The summed E-state index contributed by atoms with van der Waals surface area (Å²) in [6, 6.07) is 17.3. The zero-order valence-corrected chi connectivity index (χ0v) is 12.3. The minimum atomic E-state index is -0.421. The molecule has 5 heteroatoms. The van der Waals surface area contributed by atoms with Crippen molar-refractivity contribution in [2.75, 3.05) is 13.2 Å². The highest BCUT2D eigenvalue weighted by molar-refractivity contribution is 5.94. The summed E-state index contributed by atoms with van der Waals surface area (Å²) in [7, 11) is 0. The fraction of sp³-hybridized carbons (Fsp3) is 0.111. The van der Waals surface area contributed by atoms with Gasteiger partial charge >= 0.3 is 0 Å². The van der Waals surface area contributed by atoms with E-state index in [0.717, 1.165) is 10.9 Å². The average molecular weight is 310 g/mol. The molecule has 0 saturated heterocycles. The number of amides is 1. The van der Waals surface area contributed by atoms with E-state index in [1.54, 1.807) is 24.3 Å². The lowest BCUT2D eigenvalue weighted by molar-refractivity contribution is 0.0942. The molecule has 4 nitrogen and oxygen atoms in total. The molecule has 0 spiro atoms. The molecule has 0 aliphatic carbocycles. The molecule has 0 saturated carbocycles. The molecule has 0 radical (unpaired) electrons. The number of hydrogen-bond donors (Lipinski definition) is 1. The van der Waals surface area contributed by atoms with Gasteiger partial charge in [0.1, 0.15) is 12.3 Å². The molecule has 3 aromatic rings. The highest BCUT2D eigenvalue weighted by atomic mass is 19.1. The number of rotatable bonds is 5. The van der Waals surface area contributed by atoms with Gasteiger partial charge in [-0.05, 0) is 24.3 Å². The van der Waals surface area contributed by atoms with Crippen molar-refractivity contribution in [2.45, 2.75) is 0 Å². The molecule has 1 amide bonds. The maximum absolute atomic E-state index is 13.4. The Morgan fingerprint density at radius 2 is 1.83 bits per heavy atom. The zero-order valence-electron chi connectivity index (χ0n) is 12.3. The number of benzene rings is 2. The van der Waals surface area contributed by atoms with Gasteiger partial charge in [-0.2, -0.15) is 0 Å². The molecule has 1 heterocycles. The lowest BCUT2D eigenvalue weighted by Gasteiger charge is -2.08. The smallest absolute Gasteiger partial charge is 0.270 e. The fourth-order valence-corrected chi connectivity index (χ4v) is 2.17. The van der Waals surface area contributed by atoms with Crippen molar-refractivity contribution in [1.29, 1.82) is 0 Å². The third-order valence-corrected chi connectivity index (χ3v) is 3.31. The van der Waals surface area contributed by atoms with Crippen LogP contribution in [0.1, 0.15) is 10.5 Å². The Labute approximate surface area is 132 Å². The molecule has 116 valence electrons. The molecule has 3 rings (SSSR count). The van der Waals surface area contributed by atoms with Gasteiger partial charge in [-0.1, -0.05) is 36.4 Å². The van der Waals surface area contributed by atoms with Crippen molar-refractivity contribution < 1.29 is 13.9 Å². The van der Waals surface area contributed by atoms with Crippen molar-refractivity contribution in [3.8, 4) is 5.75 Å². The first-order chi connectivity index (χ1) is 11.2. The number of halogens is 1. The largest absolute Gasteiger partial charge is 0.489 e. The van der Waals surface area contributed by atoms with Gasteiger partial charge in [-0.3, -0.25) is 4.79 Å². The summed E-state index contributed by atoms with van der Waals surface area (Å²) >= 11 is 0. The number of para-hydroxylation sites is 2. The second-order valence-electron chi connectivity index (χ2n) is 4.92. The van der Waals surface area contributed by atoms with Crippen LogP contribution in [0.5, 0.6) is 5.75 Å². The monoisotopic (exact) mass is 310 g/mol. The highest BCUT2D eigenvalue weighted by Gasteiger charge is 2.08. The molecule has 0 bridgehead atoms. The summed E-state index contributed by atoms with van der Waals surface area (Å²) in [6.07, 6.45) is 0. The lowest BCUT2D eigenvalue weighted by Crippen LogP contribution is -2.28. The van der Waals surface area contributed by atoms with Crippen LogP contribution >= 0.6 is 0 Å². The van der Waals surface area contributed by atoms with Crippen molar-refractivity contribution in [3.05, 3.63) is 72.2 Å². The number of nitrogens with one attached hydrogen (secondary N) is 1. The maximum atomic E-state index is 13.4. The summed E-state index contributed by atoms with van der Waals surface area (Å²) < 4.78 is 18.6. The summed E-state index contributed by atoms with van der Waals surface area (Å²) in [5.41, 5.74) is 1.11. The van der Waals surface area contributed by atoms with E-state index in [1.165, 1.54) is 6.07 Å². The van der Waals surface area contributed by atoms with Crippen molar-refractivity contribution in [1.82, 2.24) is 10.3 Å². The Hall–Kier alpha value is -2.95. The van der Waals surface area contributed by atoms with Crippen LogP contribution in [0.25, 0.3) is 10.9 Å². The average Bonchev–Trinajstić information content (AvgIpc) is 2.59. The SMILES string of the molecule is O=C(NCCOc1ccccc1F)c1ccc2ccccc2n1. The van der Waals surface area contributed by atoms with Gasteiger partial charge in [0.2, 0.25) is 0 Å². The minimum Gasteiger partial charge on any atom is -0.489 e. The number of nitrogens with zero attached hydrogens (tertiary/aromatic N) is 1. The van der Waals surface area contributed by atoms with Crippen LogP contribution in [0, 0.1) is 5.82 Å². The number of carbonyl (C=O) groups excluding carboxylic acids is 1. The molecule has 0 unspecified atom stereocenters. The van der Waals surface area contributed by atoms with Crippen molar-refractivity contribution >= 4 is 16.8 Å². The van der Waals surface area contributed by atoms with Crippen LogP contribution in [0.15, 0.2) is 60.7 Å². The topological polar surface area (TPSA) is 51.2 Å². The van der Waals surface area contributed by atoms with Crippen LogP contribution in [-0.4, -0.2) is 24.0 Å². The lowest BCUT2D eigenvalue weighted by atomic mass is 10.2. The second-order valence-corrected chi connectivity index (χ2v) is 4.92. The van der Waals surface area contributed by atoms with E-state index >= 15 is 0 Å². The third kappa shape index (κ3) is 3.63. The fourth-order valence-electron chi connectivity index (χ4n) is 2.17. The predicted octanol–water partition coefficient (Wildman–Crippen LogP) is 3.18. The van der Waals surface area contributed by atoms with E-state index in [2.05, 4.69) is 10.3 Å². The van der Waals surface area contributed by atoms with Crippen molar-refractivity contribution in [2.24, 2.45) is 0 Å². The Kier molecular flexibility index (Phi) is 4.47. The van der Waals surface area contributed by atoms with Gasteiger partial charge in [0.25, 0.3) is 5.91 Å². The van der Waals surface area contributed by atoms with Crippen LogP contribution < -0.4 is 10.1 Å². The van der Waals surface area contributed by atoms with E-state index in [1.807, 2.05) is 30.3 Å². The quantitative estimate of drug-likeness (QED) is 0.736. The van der Waals surface area contributed by atoms with Crippen LogP contribution in [0.3, 0.4) is 0 Å². The molecule has 0 atom stereocenters. The maximum Gasteiger partial charge on any atom is 0.270 e. The van der Waals surface area contributed by atoms with Gasteiger partial charge in [-0.15, -0.1) is 0 Å². The molecular formula is C18H15FN2O2. The van der Waals surface area contributed by atoms with Crippen LogP contribution in [-0.2, 0) is 0 Å². The number of aromatic nitrogens is 1. The van der Waals surface area contributed by atoms with Crippen molar-refractivity contribution in [3.63, 3.8) is 0 Å². The molecule has 1 aromatic heterocycles. The minimum absolute atomic E-state index is 0.172. The Bertz CT molecular complexity index is 836. The van der Waals surface area contributed by atoms with E-state index in [0.29, 0.717) is 5.69 Å². The number of fused-ring (bicyclic) bond motifs is 1. The second kappa shape index (κ2) is 6.87. The Morgan fingerprint density at radius 1 is 1.04 bits per heavy atom. The van der Waals surface area contributed by atoms with Gasteiger partial charge in [-0.25, -0.2) is 9.37 Å². The normalized spacial score (nSPS) is 10.5. The first-order valence-corrected chi connectivity index (χ1v) is 7.25. The highest BCUT2D eigenvalue weighted by Crippen LogP contribution is 2.15.